The van der Waals surface area contributed by atoms with Gasteiger partial charge in [-0.2, -0.15) is 0 Å². The van der Waals surface area contributed by atoms with Crippen molar-refractivity contribution in [2.75, 3.05) is 5.32 Å². The van der Waals surface area contributed by atoms with Crippen molar-refractivity contribution < 1.29 is 14.7 Å². The molecule has 4 nitrogen and oxygen atoms in total. The van der Waals surface area contributed by atoms with E-state index < -0.39 is 5.97 Å². The van der Waals surface area contributed by atoms with Gasteiger partial charge in [-0.15, -0.1) is 11.3 Å². The summed E-state index contributed by atoms with van der Waals surface area (Å²) in [6.07, 6.45) is 2.87. The molecule has 0 spiro atoms. The van der Waals surface area contributed by atoms with Gasteiger partial charge < -0.3 is 10.4 Å². The van der Waals surface area contributed by atoms with Crippen LogP contribution >= 0.6 is 11.3 Å². The van der Waals surface area contributed by atoms with Gasteiger partial charge in [0, 0.05) is 10.8 Å². The molecule has 1 aromatic rings. The summed E-state index contributed by atoms with van der Waals surface area (Å²) in [5.74, 6) is -0.585. The summed E-state index contributed by atoms with van der Waals surface area (Å²) in [5.41, 5.74) is 1.09. The number of thiophene rings is 1. The van der Waals surface area contributed by atoms with E-state index in [1.807, 2.05) is 20.8 Å². The third kappa shape index (κ3) is 2.81. The lowest BCUT2D eigenvalue weighted by Gasteiger charge is -2.10. The standard InChI is InChI=1S/C14H19NO3S/c1-4-10-8(3)19-13(11(10)14(17)18)15-12(16)7(2)9-5-6-9/h7,9H,4-6H2,1-3H3,(H,15,16)(H,17,18). The molecule has 0 bridgehead atoms. The molecule has 5 heteroatoms. The maximum atomic E-state index is 12.1. The Morgan fingerprint density at radius 1 is 1.47 bits per heavy atom. The first-order chi connectivity index (χ1) is 8.95. The zero-order chi connectivity index (χ0) is 14.2. The van der Waals surface area contributed by atoms with Gasteiger partial charge in [-0.3, -0.25) is 4.79 Å². The second kappa shape index (κ2) is 5.33. The van der Waals surface area contributed by atoms with Gasteiger partial charge in [0.15, 0.2) is 0 Å². The smallest absolute Gasteiger partial charge is 0.339 e. The van der Waals surface area contributed by atoms with Crippen molar-refractivity contribution in [3.05, 3.63) is 16.0 Å². The van der Waals surface area contributed by atoms with Crippen molar-refractivity contribution in [1.29, 1.82) is 0 Å². The molecule has 0 aromatic carbocycles. The molecule has 0 aliphatic heterocycles. The number of carboxylic acid groups (broad SMARTS) is 1. The van der Waals surface area contributed by atoms with Crippen LogP contribution in [0.3, 0.4) is 0 Å². The van der Waals surface area contributed by atoms with Crippen LogP contribution in [0.25, 0.3) is 0 Å². The van der Waals surface area contributed by atoms with Crippen molar-refractivity contribution in [3.8, 4) is 0 Å². The molecule has 1 atom stereocenters. The van der Waals surface area contributed by atoms with Gasteiger partial charge in [-0.25, -0.2) is 4.79 Å². The second-order valence-corrected chi connectivity index (χ2v) is 6.34. The molecule has 1 unspecified atom stereocenters. The quantitative estimate of drug-likeness (QED) is 0.870. The molecule has 1 fully saturated rings. The van der Waals surface area contributed by atoms with E-state index in [0.717, 1.165) is 23.3 Å². The highest BCUT2D eigenvalue weighted by Gasteiger charge is 2.33. The summed E-state index contributed by atoms with van der Waals surface area (Å²) in [6, 6.07) is 0. The van der Waals surface area contributed by atoms with Gasteiger partial charge in [0.1, 0.15) is 5.00 Å². The number of carboxylic acids is 1. The molecule has 1 aliphatic carbocycles. The first-order valence-electron chi connectivity index (χ1n) is 6.62. The third-order valence-corrected chi connectivity index (χ3v) is 4.82. The van der Waals surface area contributed by atoms with E-state index in [-0.39, 0.29) is 17.4 Å². The van der Waals surface area contributed by atoms with E-state index in [0.29, 0.717) is 17.3 Å². The fourth-order valence-electron chi connectivity index (χ4n) is 2.35. The first-order valence-corrected chi connectivity index (χ1v) is 7.43. The van der Waals surface area contributed by atoms with Crippen molar-refractivity contribution in [2.45, 2.75) is 40.0 Å². The largest absolute Gasteiger partial charge is 0.478 e. The molecule has 0 radical (unpaired) electrons. The molecule has 2 rings (SSSR count). The number of amides is 1. The molecule has 1 aliphatic rings. The molecule has 2 N–H and O–H groups in total. The zero-order valence-electron chi connectivity index (χ0n) is 11.4. The Balaban J connectivity index is 2.24. The van der Waals surface area contributed by atoms with Crippen molar-refractivity contribution in [3.63, 3.8) is 0 Å². The van der Waals surface area contributed by atoms with Crippen LogP contribution in [0.4, 0.5) is 5.00 Å². The number of aromatic carboxylic acids is 1. The minimum Gasteiger partial charge on any atom is -0.478 e. The van der Waals surface area contributed by atoms with E-state index in [2.05, 4.69) is 5.32 Å². The highest BCUT2D eigenvalue weighted by Crippen LogP contribution is 2.38. The lowest BCUT2D eigenvalue weighted by atomic mass is 10.1. The van der Waals surface area contributed by atoms with Gasteiger partial charge in [0.25, 0.3) is 0 Å². The van der Waals surface area contributed by atoms with Gasteiger partial charge in [0.05, 0.1) is 5.56 Å². The van der Waals surface area contributed by atoms with Crippen LogP contribution < -0.4 is 5.32 Å². The average Bonchev–Trinajstić information content (AvgIpc) is 3.13. The SMILES string of the molecule is CCc1c(C)sc(NC(=O)C(C)C2CC2)c1C(=O)O. The topological polar surface area (TPSA) is 66.4 Å². The van der Waals surface area contributed by atoms with Crippen molar-refractivity contribution >= 4 is 28.2 Å². The van der Waals surface area contributed by atoms with Crippen LogP contribution in [-0.2, 0) is 11.2 Å². The Bertz CT molecular complexity index is 517. The van der Waals surface area contributed by atoms with Crippen LogP contribution in [0.15, 0.2) is 0 Å². The molecule has 104 valence electrons. The molecule has 1 saturated carbocycles. The number of carbonyl (C=O) groups excluding carboxylic acids is 1. The summed E-state index contributed by atoms with van der Waals surface area (Å²) < 4.78 is 0. The summed E-state index contributed by atoms with van der Waals surface area (Å²) in [6.45, 7) is 5.74. The number of aryl methyl sites for hydroxylation is 1. The van der Waals surface area contributed by atoms with Crippen molar-refractivity contribution in [2.24, 2.45) is 11.8 Å². The van der Waals surface area contributed by atoms with E-state index in [1.165, 1.54) is 11.3 Å². The Morgan fingerprint density at radius 3 is 2.58 bits per heavy atom. The maximum Gasteiger partial charge on any atom is 0.339 e. The Kier molecular flexibility index (Phi) is 3.94. The number of nitrogens with one attached hydrogen (secondary N) is 1. The Labute approximate surface area is 116 Å². The fraction of sp³-hybridized carbons (Fsp3) is 0.571. The minimum absolute atomic E-state index is 0.0332. The molecule has 1 heterocycles. The summed E-state index contributed by atoms with van der Waals surface area (Å²) in [7, 11) is 0. The first kappa shape index (κ1) is 14.1. The summed E-state index contributed by atoms with van der Waals surface area (Å²) in [5, 5.41) is 12.6. The van der Waals surface area contributed by atoms with Crippen LogP contribution in [-0.4, -0.2) is 17.0 Å². The predicted octanol–water partition coefficient (Wildman–Crippen LogP) is 3.30. The number of carbonyl (C=O) groups is 2. The highest BCUT2D eigenvalue weighted by atomic mass is 32.1. The molecule has 0 saturated heterocycles. The number of hydrogen-bond donors (Lipinski definition) is 2. The summed E-state index contributed by atoms with van der Waals surface area (Å²) >= 11 is 1.36. The lowest BCUT2D eigenvalue weighted by Crippen LogP contribution is -2.22. The molecular weight excluding hydrogens is 262 g/mol. The van der Waals surface area contributed by atoms with Gasteiger partial charge in [0.2, 0.25) is 5.91 Å². The summed E-state index contributed by atoms with van der Waals surface area (Å²) in [4.78, 5) is 24.4. The van der Waals surface area contributed by atoms with E-state index >= 15 is 0 Å². The highest BCUT2D eigenvalue weighted by molar-refractivity contribution is 7.16. The zero-order valence-corrected chi connectivity index (χ0v) is 12.3. The van der Waals surface area contributed by atoms with Gasteiger partial charge in [-0.05, 0) is 37.7 Å². The van der Waals surface area contributed by atoms with E-state index in [9.17, 15) is 14.7 Å². The van der Waals surface area contributed by atoms with Crippen LogP contribution in [0.5, 0.6) is 0 Å². The van der Waals surface area contributed by atoms with E-state index in [4.69, 9.17) is 0 Å². The number of anilines is 1. The third-order valence-electron chi connectivity index (χ3n) is 3.76. The number of hydrogen-bond acceptors (Lipinski definition) is 3. The Hall–Kier alpha value is -1.36. The average molecular weight is 281 g/mol. The van der Waals surface area contributed by atoms with E-state index in [1.54, 1.807) is 0 Å². The number of rotatable bonds is 5. The van der Waals surface area contributed by atoms with Gasteiger partial charge >= 0.3 is 5.97 Å². The molecular formula is C14H19NO3S. The van der Waals surface area contributed by atoms with Crippen LogP contribution in [0.2, 0.25) is 0 Å². The Morgan fingerprint density at radius 2 is 2.11 bits per heavy atom. The molecule has 1 aromatic heterocycles. The molecule has 1 amide bonds. The second-order valence-electron chi connectivity index (χ2n) is 5.11. The molecule has 19 heavy (non-hydrogen) atoms. The fourth-order valence-corrected chi connectivity index (χ4v) is 3.49. The van der Waals surface area contributed by atoms with Crippen LogP contribution in [0, 0.1) is 18.8 Å². The normalized spacial score (nSPS) is 16.2. The van der Waals surface area contributed by atoms with Crippen molar-refractivity contribution in [1.82, 2.24) is 0 Å². The van der Waals surface area contributed by atoms with Gasteiger partial charge in [-0.1, -0.05) is 13.8 Å². The van der Waals surface area contributed by atoms with Crippen LogP contribution in [0.1, 0.15) is 47.5 Å². The predicted molar refractivity (Wildman–Crippen MR) is 75.9 cm³/mol. The lowest BCUT2D eigenvalue weighted by molar-refractivity contribution is -0.119. The minimum atomic E-state index is -0.962. The monoisotopic (exact) mass is 281 g/mol. The maximum absolute atomic E-state index is 12.1.